The highest BCUT2D eigenvalue weighted by molar-refractivity contribution is 8.76. The monoisotopic (exact) mass is 634 g/mol. The van der Waals surface area contributed by atoms with Crippen LogP contribution in [-0.2, 0) is 3.79 Å². The summed E-state index contributed by atoms with van der Waals surface area (Å²) in [4.78, 5) is 26.0. The minimum Gasteiger partial charge on any atom is -0.368 e. The molecule has 10 nitrogen and oxygen atoms in total. The molecular formula is C20H15Cl5N10S2. The first-order valence-corrected chi connectivity index (χ1v) is 14.0. The molecule has 0 atom stereocenters. The Bertz CT molecular complexity index is 1430. The van der Waals surface area contributed by atoms with Crippen LogP contribution >= 0.6 is 79.6 Å². The largest absolute Gasteiger partial charge is 0.368 e. The maximum atomic E-state index is 6.27. The van der Waals surface area contributed by atoms with Crippen LogP contribution in [0.5, 0.6) is 0 Å². The molecule has 0 spiro atoms. The molecule has 0 radical (unpaired) electrons. The van der Waals surface area contributed by atoms with E-state index in [1.165, 1.54) is 21.6 Å². The van der Waals surface area contributed by atoms with E-state index in [1.807, 2.05) is 6.07 Å². The molecule has 192 valence electrons. The summed E-state index contributed by atoms with van der Waals surface area (Å²) in [6, 6.07) is 10.6. The Labute approximate surface area is 244 Å². The first kappa shape index (κ1) is 27.8. The number of nitrogens with one attached hydrogen (secondary N) is 2. The van der Waals surface area contributed by atoms with Gasteiger partial charge in [-0.15, -0.1) is 0 Å². The maximum absolute atomic E-state index is 6.27. The minimum absolute atomic E-state index is 0.0934. The summed E-state index contributed by atoms with van der Waals surface area (Å²) in [5.74, 6) is 0.768. The predicted molar refractivity (Wildman–Crippen MR) is 154 cm³/mol. The van der Waals surface area contributed by atoms with Crippen LogP contribution in [-0.4, -0.2) is 29.9 Å². The van der Waals surface area contributed by atoms with Gasteiger partial charge in [0.15, 0.2) is 5.82 Å². The normalized spacial score (nSPS) is 11.4. The van der Waals surface area contributed by atoms with Crippen molar-refractivity contribution in [2.24, 2.45) is 0 Å². The summed E-state index contributed by atoms with van der Waals surface area (Å²) < 4.78 is -1.88. The Kier molecular flexibility index (Phi) is 8.79. The van der Waals surface area contributed by atoms with Crippen LogP contribution in [0.3, 0.4) is 0 Å². The Balaban J connectivity index is 1.60. The standard InChI is InChI=1S/C20H15Cl5N10S2/c1-8-28-16(26)34-18(29-8)30-11-4-2-9(21)6-13(11)36-37-14-7-10(22)3-5-12(14)31-19-33-15(20(23,24)25)32-17(27)35-19/h2-7H,1H3,(H3,26,28,29,30,34)(H3,27,31,32,33,35). The van der Waals surface area contributed by atoms with Crippen molar-refractivity contribution in [3.63, 3.8) is 0 Å². The second-order valence-electron chi connectivity index (χ2n) is 7.10. The fraction of sp³-hybridized carbons (Fsp3) is 0.100. The molecule has 0 unspecified atom stereocenters. The van der Waals surface area contributed by atoms with Crippen LogP contribution in [0.25, 0.3) is 0 Å². The minimum atomic E-state index is -1.88. The molecule has 2 aromatic carbocycles. The maximum Gasteiger partial charge on any atom is 0.250 e. The summed E-state index contributed by atoms with van der Waals surface area (Å²) in [6.45, 7) is 1.72. The SMILES string of the molecule is Cc1nc(N)nc(Nc2ccc(Cl)cc2SSc2cc(Cl)ccc2Nc2nc(N)nc(C(Cl)(Cl)Cl)n2)n1. The van der Waals surface area contributed by atoms with Crippen LogP contribution < -0.4 is 22.1 Å². The molecule has 0 fully saturated rings. The number of aromatic nitrogens is 6. The van der Waals surface area contributed by atoms with Crippen molar-refractivity contribution in [3.8, 4) is 0 Å². The number of rotatable bonds is 7. The van der Waals surface area contributed by atoms with Crippen molar-refractivity contribution >= 4 is 115 Å². The Morgan fingerprint density at radius 3 is 1.68 bits per heavy atom. The van der Waals surface area contributed by atoms with Crippen LogP contribution in [0.15, 0.2) is 46.2 Å². The van der Waals surface area contributed by atoms with Crippen molar-refractivity contribution in [2.45, 2.75) is 20.5 Å². The zero-order chi connectivity index (χ0) is 26.7. The lowest BCUT2D eigenvalue weighted by atomic mass is 10.3. The third kappa shape index (κ3) is 7.66. The van der Waals surface area contributed by atoms with Crippen molar-refractivity contribution < 1.29 is 0 Å². The average Bonchev–Trinajstić information content (AvgIpc) is 2.79. The molecule has 37 heavy (non-hydrogen) atoms. The molecule has 0 amide bonds. The highest BCUT2D eigenvalue weighted by Gasteiger charge is 2.28. The highest BCUT2D eigenvalue weighted by atomic mass is 35.6. The molecule has 2 aromatic heterocycles. The van der Waals surface area contributed by atoms with Crippen LogP contribution in [0.1, 0.15) is 11.6 Å². The van der Waals surface area contributed by atoms with Crippen LogP contribution in [0.4, 0.5) is 35.2 Å². The Morgan fingerprint density at radius 2 is 1.19 bits per heavy atom. The number of aryl methyl sites for hydroxylation is 1. The van der Waals surface area contributed by atoms with Gasteiger partial charge >= 0.3 is 0 Å². The summed E-state index contributed by atoms with van der Waals surface area (Å²) in [6.07, 6.45) is 0. The Morgan fingerprint density at radius 1 is 0.703 bits per heavy atom. The van der Waals surface area contributed by atoms with Gasteiger partial charge in [-0.3, -0.25) is 0 Å². The average molecular weight is 637 g/mol. The van der Waals surface area contributed by atoms with E-state index < -0.39 is 3.79 Å². The third-order valence-corrected chi connectivity index (χ3v) is 7.69. The zero-order valence-corrected chi connectivity index (χ0v) is 23.9. The van der Waals surface area contributed by atoms with Gasteiger partial charge in [0.2, 0.25) is 27.6 Å². The second kappa shape index (κ2) is 11.7. The molecular weight excluding hydrogens is 622 g/mol. The van der Waals surface area contributed by atoms with E-state index in [1.54, 1.807) is 37.3 Å². The molecule has 4 aromatic rings. The molecule has 0 aliphatic carbocycles. The predicted octanol–water partition coefficient (Wildman–Crippen LogP) is 6.95. The van der Waals surface area contributed by atoms with E-state index in [9.17, 15) is 0 Å². The van der Waals surface area contributed by atoms with Gasteiger partial charge in [-0.1, -0.05) is 79.6 Å². The number of nitrogens with two attached hydrogens (primary N) is 2. The molecule has 17 heteroatoms. The summed E-state index contributed by atoms with van der Waals surface area (Å²) in [5, 5.41) is 7.29. The number of hydrogen-bond donors (Lipinski definition) is 4. The van der Waals surface area contributed by atoms with Crippen molar-refractivity contribution in [1.29, 1.82) is 0 Å². The van der Waals surface area contributed by atoms with E-state index in [0.717, 1.165) is 9.79 Å². The van der Waals surface area contributed by atoms with E-state index in [2.05, 4.69) is 40.5 Å². The molecule has 0 aliphatic heterocycles. The van der Waals surface area contributed by atoms with Gasteiger partial charge in [-0.05, 0) is 43.3 Å². The van der Waals surface area contributed by atoms with Crippen LogP contribution in [0.2, 0.25) is 10.0 Å². The fourth-order valence-corrected chi connectivity index (χ4v) is 5.84. The molecule has 0 bridgehead atoms. The zero-order valence-electron chi connectivity index (χ0n) is 18.5. The molecule has 4 rings (SSSR count). The van der Waals surface area contributed by atoms with Gasteiger partial charge in [0, 0.05) is 19.8 Å². The highest BCUT2D eigenvalue weighted by Crippen LogP contribution is 2.46. The molecule has 0 saturated heterocycles. The van der Waals surface area contributed by atoms with E-state index >= 15 is 0 Å². The van der Waals surface area contributed by atoms with Crippen molar-refractivity contribution in [2.75, 3.05) is 22.1 Å². The van der Waals surface area contributed by atoms with E-state index in [4.69, 9.17) is 69.5 Å². The van der Waals surface area contributed by atoms with Gasteiger partial charge in [-0.2, -0.15) is 29.9 Å². The molecule has 0 saturated carbocycles. The summed E-state index contributed by atoms with van der Waals surface area (Å²) >= 11 is 30.3. The lowest BCUT2D eigenvalue weighted by Gasteiger charge is -2.15. The number of halogens is 5. The summed E-state index contributed by atoms with van der Waals surface area (Å²) in [5.41, 5.74) is 12.9. The fourth-order valence-electron chi connectivity index (χ4n) is 2.80. The third-order valence-electron chi connectivity index (χ3n) is 4.27. The van der Waals surface area contributed by atoms with Crippen LogP contribution in [0, 0.1) is 6.92 Å². The molecule has 0 aliphatic rings. The lowest BCUT2D eigenvalue weighted by Crippen LogP contribution is -2.13. The van der Waals surface area contributed by atoms with Crippen molar-refractivity contribution in [1.82, 2.24) is 29.9 Å². The first-order valence-electron chi connectivity index (χ1n) is 10.0. The van der Waals surface area contributed by atoms with Gasteiger partial charge in [0.25, 0.3) is 0 Å². The smallest absolute Gasteiger partial charge is 0.250 e. The van der Waals surface area contributed by atoms with Gasteiger partial charge in [0.05, 0.1) is 11.4 Å². The van der Waals surface area contributed by atoms with E-state index in [0.29, 0.717) is 33.2 Å². The van der Waals surface area contributed by atoms with Gasteiger partial charge in [-0.25, -0.2) is 0 Å². The molecule has 2 heterocycles. The quantitative estimate of drug-likeness (QED) is 0.123. The number of anilines is 6. The number of nitrogen functional groups attached to an aromatic ring is 2. The second-order valence-corrected chi connectivity index (χ2v) is 12.5. The first-order chi connectivity index (χ1) is 17.5. The number of hydrogen-bond acceptors (Lipinski definition) is 12. The number of alkyl halides is 3. The molecule has 6 N–H and O–H groups in total. The van der Waals surface area contributed by atoms with Gasteiger partial charge < -0.3 is 22.1 Å². The number of nitrogens with zero attached hydrogens (tertiary/aromatic N) is 6. The van der Waals surface area contributed by atoms with Crippen molar-refractivity contribution in [3.05, 3.63) is 58.1 Å². The number of benzene rings is 2. The summed E-state index contributed by atoms with van der Waals surface area (Å²) in [7, 11) is 2.81. The lowest BCUT2D eigenvalue weighted by molar-refractivity contribution is 0.934. The topological polar surface area (TPSA) is 153 Å². The Hall–Kier alpha value is -2.19. The van der Waals surface area contributed by atoms with Gasteiger partial charge in [0.1, 0.15) is 5.82 Å². The van der Waals surface area contributed by atoms with E-state index in [-0.39, 0.29) is 23.7 Å².